The lowest BCUT2D eigenvalue weighted by Gasteiger charge is -2.25. The maximum Gasteiger partial charge on any atom is 0.338 e. The van der Waals surface area contributed by atoms with Gasteiger partial charge in [0.15, 0.2) is 5.75 Å². The van der Waals surface area contributed by atoms with E-state index in [4.69, 9.17) is 9.47 Å². The van der Waals surface area contributed by atoms with Crippen LogP contribution in [-0.2, 0) is 0 Å². The van der Waals surface area contributed by atoms with Crippen molar-refractivity contribution in [3.8, 4) is 17.4 Å². The van der Waals surface area contributed by atoms with Crippen molar-refractivity contribution in [1.82, 2.24) is 4.40 Å². The summed E-state index contributed by atoms with van der Waals surface area (Å²) < 4.78 is 13.0. The third-order valence-electron chi connectivity index (χ3n) is 3.23. The van der Waals surface area contributed by atoms with E-state index < -0.39 is 34.3 Å². The Hall–Kier alpha value is -2.90. The zero-order valence-corrected chi connectivity index (χ0v) is 15.6. The van der Waals surface area contributed by atoms with Crippen LogP contribution in [0.4, 0.5) is 0 Å². The second-order valence-electron chi connectivity index (χ2n) is 7.88. The van der Waals surface area contributed by atoms with Crippen molar-refractivity contribution in [1.29, 1.82) is 0 Å². The number of nitrogens with zero attached hydrogens (tertiary/aromatic N) is 1. The molecule has 142 valence electrons. The summed E-state index contributed by atoms with van der Waals surface area (Å²) in [5, 5.41) is 29.2. The number of hydrogen-bond donors (Lipinski definition) is 3. The van der Waals surface area contributed by atoms with Crippen LogP contribution in [0.25, 0.3) is 5.52 Å². The van der Waals surface area contributed by atoms with E-state index in [-0.39, 0.29) is 22.9 Å². The molecule has 2 aromatic heterocycles. The van der Waals surface area contributed by atoms with Gasteiger partial charge in [-0.2, -0.15) is 0 Å². The molecular weight excluding hydrogens is 342 g/mol. The van der Waals surface area contributed by atoms with Crippen LogP contribution in [0.1, 0.15) is 62.3 Å². The molecule has 2 heterocycles. The molecule has 0 aliphatic rings. The monoisotopic (exact) mass is 365 g/mol. The van der Waals surface area contributed by atoms with E-state index in [9.17, 15) is 24.9 Å². The molecule has 0 atom stereocenters. The number of carboxylic acid groups (broad SMARTS) is 2. The fourth-order valence-corrected chi connectivity index (χ4v) is 2.36. The lowest BCUT2D eigenvalue weighted by Crippen LogP contribution is -2.26. The standard InChI is InChI=1S/C18H23NO7/c1-17(2,3)25-13-12(20)11-7-9(15(21)22)10(16(23)24)8-19(11)14(13)26-18(4,5)6/h7-8,20H,1-6H3,(H,21,22)(H,23,24). The van der Waals surface area contributed by atoms with Crippen molar-refractivity contribution in [3.05, 3.63) is 23.4 Å². The summed E-state index contributed by atoms with van der Waals surface area (Å²) in [6.45, 7) is 10.7. The van der Waals surface area contributed by atoms with E-state index in [0.717, 1.165) is 12.3 Å². The van der Waals surface area contributed by atoms with Crippen molar-refractivity contribution >= 4 is 17.5 Å². The van der Waals surface area contributed by atoms with E-state index in [1.54, 1.807) is 41.5 Å². The molecule has 2 aromatic rings. The molecular formula is C18H23NO7. The predicted octanol–water partition coefficient (Wildman–Crippen LogP) is 3.40. The molecule has 0 amide bonds. The van der Waals surface area contributed by atoms with Crippen LogP contribution in [0.5, 0.6) is 17.4 Å². The quantitative estimate of drug-likeness (QED) is 0.760. The van der Waals surface area contributed by atoms with Crippen molar-refractivity contribution < 1.29 is 34.4 Å². The first-order valence-corrected chi connectivity index (χ1v) is 7.97. The number of ether oxygens (including phenoxy) is 2. The molecule has 26 heavy (non-hydrogen) atoms. The summed E-state index contributed by atoms with van der Waals surface area (Å²) in [6.07, 6.45) is 1.11. The summed E-state index contributed by atoms with van der Waals surface area (Å²) in [5.41, 5.74) is -2.15. The van der Waals surface area contributed by atoms with Crippen molar-refractivity contribution in [3.63, 3.8) is 0 Å². The first-order valence-electron chi connectivity index (χ1n) is 7.97. The largest absolute Gasteiger partial charge is 0.503 e. The number of hydrogen-bond acceptors (Lipinski definition) is 5. The second-order valence-corrected chi connectivity index (χ2v) is 7.88. The number of fused-ring (bicyclic) bond motifs is 1. The highest BCUT2D eigenvalue weighted by Gasteiger charge is 2.30. The van der Waals surface area contributed by atoms with E-state index in [2.05, 4.69) is 0 Å². The van der Waals surface area contributed by atoms with E-state index in [0.29, 0.717) is 0 Å². The second kappa shape index (κ2) is 6.12. The predicted molar refractivity (Wildman–Crippen MR) is 93.7 cm³/mol. The molecule has 0 fully saturated rings. The van der Waals surface area contributed by atoms with Gasteiger partial charge in [0.25, 0.3) is 0 Å². The number of rotatable bonds is 4. The van der Waals surface area contributed by atoms with Crippen LogP contribution in [0.2, 0.25) is 0 Å². The maximum atomic E-state index is 11.5. The van der Waals surface area contributed by atoms with Gasteiger partial charge in [-0.1, -0.05) is 0 Å². The fraction of sp³-hybridized carbons (Fsp3) is 0.444. The van der Waals surface area contributed by atoms with Crippen LogP contribution in [-0.4, -0.2) is 42.9 Å². The Morgan fingerprint density at radius 3 is 1.85 bits per heavy atom. The summed E-state index contributed by atoms with van der Waals surface area (Å²) in [6, 6.07) is 1.09. The number of carboxylic acids is 2. The van der Waals surface area contributed by atoms with Crippen LogP contribution in [0.15, 0.2) is 12.3 Å². The molecule has 2 rings (SSSR count). The van der Waals surface area contributed by atoms with Crippen molar-refractivity contribution in [2.75, 3.05) is 0 Å². The molecule has 0 aliphatic heterocycles. The fourth-order valence-electron chi connectivity index (χ4n) is 2.36. The molecule has 0 unspecified atom stereocenters. The molecule has 0 radical (unpaired) electrons. The Kier molecular flexibility index (Phi) is 4.57. The average Bonchev–Trinajstić information content (AvgIpc) is 2.68. The number of pyridine rings is 1. The van der Waals surface area contributed by atoms with Gasteiger partial charge in [0.05, 0.1) is 16.6 Å². The van der Waals surface area contributed by atoms with E-state index in [1.807, 2.05) is 0 Å². The molecule has 0 bridgehead atoms. The van der Waals surface area contributed by atoms with E-state index >= 15 is 0 Å². The van der Waals surface area contributed by atoms with E-state index in [1.165, 1.54) is 4.40 Å². The number of aromatic hydroxyl groups is 1. The zero-order chi connectivity index (χ0) is 20.0. The van der Waals surface area contributed by atoms with Crippen molar-refractivity contribution in [2.24, 2.45) is 0 Å². The third kappa shape index (κ3) is 3.84. The Labute approximate surface area is 150 Å². The minimum atomic E-state index is -1.41. The number of aromatic carboxylic acids is 2. The molecule has 0 saturated heterocycles. The Balaban J connectivity index is 2.89. The lowest BCUT2D eigenvalue weighted by atomic mass is 10.1. The first-order chi connectivity index (χ1) is 11.7. The van der Waals surface area contributed by atoms with Gasteiger partial charge in [0, 0.05) is 6.20 Å². The minimum absolute atomic E-state index is 0.0197. The van der Waals surface area contributed by atoms with Gasteiger partial charge in [-0.15, -0.1) is 0 Å². The van der Waals surface area contributed by atoms with Crippen LogP contribution in [0.3, 0.4) is 0 Å². The highest BCUT2D eigenvalue weighted by atomic mass is 16.6. The summed E-state index contributed by atoms with van der Waals surface area (Å²) >= 11 is 0. The minimum Gasteiger partial charge on any atom is -0.503 e. The average molecular weight is 365 g/mol. The summed E-state index contributed by atoms with van der Waals surface area (Å²) in [7, 11) is 0. The zero-order valence-electron chi connectivity index (χ0n) is 15.6. The summed E-state index contributed by atoms with van der Waals surface area (Å²) in [4.78, 5) is 22.9. The smallest absolute Gasteiger partial charge is 0.338 e. The third-order valence-corrected chi connectivity index (χ3v) is 3.23. The highest BCUT2D eigenvalue weighted by Crippen LogP contribution is 2.46. The van der Waals surface area contributed by atoms with Crippen LogP contribution >= 0.6 is 0 Å². The normalized spacial score (nSPS) is 12.2. The highest BCUT2D eigenvalue weighted by molar-refractivity contribution is 6.03. The molecule has 0 spiro atoms. The van der Waals surface area contributed by atoms with Gasteiger partial charge in [0.1, 0.15) is 11.2 Å². The molecule has 0 saturated carbocycles. The SMILES string of the molecule is CC(C)(C)Oc1c(O)c2cc(C(=O)O)c(C(=O)O)cn2c1OC(C)(C)C. The first kappa shape index (κ1) is 19.4. The number of carbonyl (C=O) groups is 2. The molecule has 0 aliphatic carbocycles. The van der Waals surface area contributed by atoms with Crippen LogP contribution < -0.4 is 9.47 Å². The Bertz CT molecular complexity index is 882. The topological polar surface area (TPSA) is 118 Å². The van der Waals surface area contributed by atoms with Crippen molar-refractivity contribution in [2.45, 2.75) is 52.7 Å². The van der Waals surface area contributed by atoms with Gasteiger partial charge in [-0.05, 0) is 47.6 Å². The maximum absolute atomic E-state index is 11.5. The lowest BCUT2D eigenvalue weighted by molar-refractivity contribution is 0.0650. The van der Waals surface area contributed by atoms with Gasteiger partial charge in [-0.3, -0.25) is 4.40 Å². The van der Waals surface area contributed by atoms with Gasteiger partial charge >= 0.3 is 11.9 Å². The van der Waals surface area contributed by atoms with Gasteiger partial charge in [-0.25, -0.2) is 9.59 Å². The number of aromatic nitrogens is 1. The van der Waals surface area contributed by atoms with Gasteiger partial charge in [0.2, 0.25) is 11.6 Å². The van der Waals surface area contributed by atoms with Crippen LogP contribution in [0, 0.1) is 0 Å². The molecule has 0 aromatic carbocycles. The molecule has 8 nitrogen and oxygen atoms in total. The Morgan fingerprint density at radius 1 is 0.923 bits per heavy atom. The Morgan fingerprint density at radius 2 is 1.42 bits per heavy atom. The molecule has 8 heteroatoms. The van der Waals surface area contributed by atoms with Gasteiger partial charge < -0.3 is 24.8 Å². The summed E-state index contributed by atoms with van der Waals surface area (Å²) in [5.74, 6) is -3.02. The molecule has 3 N–H and O–H groups in total.